The molecule has 2 heterocycles. The third-order valence-electron chi connectivity index (χ3n) is 3.06. The van der Waals surface area contributed by atoms with Gasteiger partial charge in [-0.3, -0.25) is 0 Å². The van der Waals surface area contributed by atoms with E-state index in [-0.39, 0.29) is 5.82 Å². The summed E-state index contributed by atoms with van der Waals surface area (Å²) in [5, 5.41) is 10.8. The Labute approximate surface area is 110 Å². The highest BCUT2D eigenvalue weighted by atomic mass is 19.1. The normalized spacial score (nSPS) is 14.7. The van der Waals surface area contributed by atoms with Crippen LogP contribution in [0, 0.1) is 5.82 Å². The summed E-state index contributed by atoms with van der Waals surface area (Å²) in [7, 11) is 0. The van der Waals surface area contributed by atoms with E-state index in [9.17, 15) is 4.39 Å². The Morgan fingerprint density at radius 3 is 2.84 bits per heavy atom. The van der Waals surface area contributed by atoms with Crippen molar-refractivity contribution in [3.63, 3.8) is 0 Å². The molecular formula is C13H14FN5. The summed E-state index contributed by atoms with van der Waals surface area (Å²) in [5.41, 5.74) is 0.611. The van der Waals surface area contributed by atoms with Crippen LogP contribution < -0.4 is 10.2 Å². The Morgan fingerprint density at radius 1 is 1.21 bits per heavy atom. The molecule has 19 heavy (non-hydrogen) atoms. The summed E-state index contributed by atoms with van der Waals surface area (Å²) < 4.78 is 13.1. The molecule has 6 heteroatoms. The van der Waals surface area contributed by atoms with Crippen LogP contribution in [0.1, 0.15) is 12.8 Å². The van der Waals surface area contributed by atoms with Crippen LogP contribution in [0.25, 0.3) is 0 Å². The Bertz CT molecular complexity index is 568. The van der Waals surface area contributed by atoms with Crippen molar-refractivity contribution in [3.05, 3.63) is 36.3 Å². The Kier molecular flexibility index (Phi) is 3.22. The maximum absolute atomic E-state index is 13.1. The van der Waals surface area contributed by atoms with Crippen molar-refractivity contribution in [2.24, 2.45) is 0 Å². The molecule has 0 bridgehead atoms. The lowest BCUT2D eigenvalue weighted by Crippen LogP contribution is -2.19. The largest absolute Gasteiger partial charge is 0.355 e. The average molecular weight is 259 g/mol. The van der Waals surface area contributed by atoms with Crippen LogP contribution >= 0.6 is 0 Å². The average Bonchev–Trinajstić information content (AvgIpc) is 2.93. The van der Waals surface area contributed by atoms with Crippen molar-refractivity contribution in [1.82, 2.24) is 15.2 Å². The molecule has 0 amide bonds. The molecule has 0 spiro atoms. The number of anilines is 3. The van der Waals surface area contributed by atoms with Crippen molar-refractivity contribution in [2.45, 2.75) is 12.8 Å². The monoisotopic (exact) mass is 259 g/mol. The molecule has 2 aromatic rings. The number of aromatic nitrogens is 3. The maximum Gasteiger partial charge on any atom is 0.249 e. The van der Waals surface area contributed by atoms with Gasteiger partial charge in [0.2, 0.25) is 5.95 Å². The van der Waals surface area contributed by atoms with Crippen LogP contribution in [-0.2, 0) is 0 Å². The molecule has 3 rings (SSSR count). The molecule has 1 aliphatic heterocycles. The van der Waals surface area contributed by atoms with Gasteiger partial charge in [-0.15, -0.1) is 5.10 Å². The second-order valence-corrected chi connectivity index (χ2v) is 4.47. The first-order valence-electron chi connectivity index (χ1n) is 6.28. The fraction of sp³-hybridized carbons (Fsp3) is 0.308. The summed E-state index contributed by atoms with van der Waals surface area (Å²) in [4.78, 5) is 6.57. The summed E-state index contributed by atoms with van der Waals surface area (Å²) >= 11 is 0. The molecule has 0 atom stereocenters. The Morgan fingerprint density at radius 2 is 2.05 bits per heavy atom. The fourth-order valence-corrected chi connectivity index (χ4v) is 2.14. The molecule has 1 fully saturated rings. The standard InChI is InChI=1S/C13H14FN5/c14-10-4-3-5-11(8-10)16-13-17-12(9-15-18-13)19-6-1-2-7-19/h3-5,8-9H,1-2,6-7H2,(H,16,17,18). The summed E-state index contributed by atoms with van der Waals surface area (Å²) in [6, 6.07) is 6.18. The molecule has 0 aliphatic carbocycles. The Hall–Kier alpha value is -2.24. The highest BCUT2D eigenvalue weighted by Gasteiger charge is 2.14. The van der Waals surface area contributed by atoms with Crippen LogP contribution in [0.5, 0.6) is 0 Å². The first-order valence-corrected chi connectivity index (χ1v) is 6.28. The van der Waals surface area contributed by atoms with E-state index < -0.39 is 0 Å². The summed E-state index contributed by atoms with van der Waals surface area (Å²) in [6.45, 7) is 2.00. The molecule has 1 N–H and O–H groups in total. The smallest absolute Gasteiger partial charge is 0.249 e. The Balaban J connectivity index is 1.79. The number of hydrogen-bond acceptors (Lipinski definition) is 5. The second kappa shape index (κ2) is 5.17. The van der Waals surface area contributed by atoms with Gasteiger partial charge in [-0.05, 0) is 31.0 Å². The van der Waals surface area contributed by atoms with Crippen molar-refractivity contribution >= 4 is 17.5 Å². The van der Waals surface area contributed by atoms with Crippen molar-refractivity contribution < 1.29 is 4.39 Å². The van der Waals surface area contributed by atoms with Crippen molar-refractivity contribution in [3.8, 4) is 0 Å². The third-order valence-corrected chi connectivity index (χ3v) is 3.06. The highest BCUT2D eigenvalue weighted by Crippen LogP contribution is 2.19. The minimum absolute atomic E-state index is 0.298. The maximum atomic E-state index is 13.1. The van der Waals surface area contributed by atoms with Gasteiger partial charge in [0.15, 0.2) is 5.82 Å². The van der Waals surface area contributed by atoms with Crippen LogP contribution in [0.4, 0.5) is 21.8 Å². The first-order chi connectivity index (χ1) is 9.31. The zero-order valence-corrected chi connectivity index (χ0v) is 10.4. The zero-order chi connectivity index (χ0) is 13.1. The third kappa shape index (κ3) is 2.78. The molecule has 0 radical (unpaired) electrons. The number of benzene rings is 1. The van der Waals surface area contributed by atoms with Crippen LogP contribution in [-0.4, -0.2) is 28.3 Å². The van der Waals surface area contributed by atoms with Gasteiger partial charge in [0.25, 0.3) is 0 Å². The lowest BCUT2D eigenvalue weighted by atomic mass is 10.3. The number of hydrogen-bond donors (Lipinski definition) is 1. The molecule has 1 aliphatic rings. The van der Waals surface area contributed by atoms with Crippen LogP contribution in [0.3, 0.4) is 0 Å². The van der Waals surface area contributed by atoms with Gasteiger partial charge < -0.3 is 10.2 Å². The van der Waals surface area contributed by atoms with E-state index in [1.54, 1.807) is 18.3 Å². The lowest BCUT2D eigenvalue weighted by molar-refractivity contribution is 0.628. The van der Waals surface area contributed by atoms with Crippen LogP contribution in [0.15, 0.2) is 30.5 Å². The number of nitrogens with zero attached hydrogens (tertiary/aromatic N) is 4. The van der Waals surface area contributed by atoms with Gasteiger partial charge in [0, 0.05) is 18.8 Å². The fourth-order valence-electron chi connectivity index (χ4n) is 2.14. The molecule has 98 valence electrons. The van der Waals surface area contributed by atoms with Crippen molar-refractivity contribution in [2.75, 3.05) is 23.3 Å². The summed E-state index contributed by atoms with van der Waals surface area (Å²) in [5.74, 6) is 0.898. The van der Waals surface area contributed by atoms with E-state index in [4.69, 9.17) is 0 Å². The summed E-state index contributed by atoms with van der Waals surface area (Å²) in [6.07, 6.45) is 4.01. The molecule has 5 nitrogen and oxygen atoms in total. The molecule has 0 saturated carbocycles. The lowest BCUT2D eigenvalue weighted by Gasteiger charge is -2.15. The predicted molar refractivity (Wildman–Crippen MR) is 71.0 cm³/mol. The molecule has 1 aromatic carbocycles. The number of rotatable bonds is 3. The van der Waals surface area contributed by atoms with Gasteiger partial charge in [-0.1, -0.05) is 6.07 Å². The van der Waals surface area contributed by atoms with E-state index in [2.05, 4.69) is 25.4 Å². The van der Waals surface area contributed by atoms with Crippen molar-refractivity contribution in [1.29, 1.82) is 0 Å². The minimum Gasteiger partial charge on any atom is -0.355 e. The number of nitrogens with one attached hydrogen (secondary N) is 1. The quantitative estimate of drug-likeness (QED) is 0.917. The van der Waals surface area contributed by atoms with Gasteiger partial charge >= 0.3 is 0 Å². The first kappa shape index (κ1) is 11.8. The predicted octanol–water partition coefficient (Wildman–Crippen LogP) is 2.35. The SMILES string of the molecule is Fc1cccc(Nc2nncc(N3CCCC3)n2)c1. The molecule has 1 saturated heterocycles. The molecule has 1 aromatic heterocycles. The van der Waals surface area contributed by atoms with Gasteiger partial charge in [0.05, 0.1) is 6.20 Å². The van der Waals surface area contributed by atoms with Gasteiger partial charge in [-0.2, -0.15) is 10.1 Å². The highest BCUT2D eigenvalue weighted by molar-refractivity contribution is 5.54. The topological polar surface area (TPSA) is 53.9 Å². The zero-order valence-electron chi connectivity index (χ0n) is 10.4. The van der Waals surface area contributed by atoms with E-state index in [0.717, 1.165) is 18.9 Å². The van der Waals surface area contributed by atoms with E-state index in [1.165, 1.54) is 25.0 Å². The van der Waals surface area contributed by atoms with E-state index in [1.807, 2.05) is 0 Å². The van der Waals surface area contributed by atoms with Gasteiger partial charge in [0.1, 0.15) is 5.82 Å². The number of halogens is 1. The minimum atomic E-state index is -0.298. The van der Waals surface area contributed by atoms with E-state index >= 15 is 0 Å². The molecule has 0 unspecified atom stereocenters. The van der Waals surface area contributed by atoms with Crippen LogP contribution in [0.2, 0.25) is 0 Å². The van der Waals surface area contributed by atoms with Gasteiger partial charge in [-0.25, -0.2) is 4.39 Å². The molecular weight excluding hydrogens is 245 g/mol. The van der Waals surface area contributed by atoms with E-state index in [0.29, 0.717) is 11.6 Å². The second-order valence-electron chi connectivity index (χ2n) is 4.47.